The van der Waals surface area contributed by atoms with E-state index < -0.39 is 0 Å². The molecule has 17 heavy (non-hydrogen) atoms. The number of benzene rings is 1. The molecular weight excluding hydrogens is 278 g/mol. The average molecular weight is 298 g/mol. The Morgan fingerprint density at radius 2 is 2.24 bits per heavy atom. The van der Waals surface area contributed by atoms with Gasteiger partial charge in [-0.1, -0.05) is 22.9 Å². The first-order chi connectivity index (χ1) is 8.19. The topological polar surface area (TPSA) is 21.3 Å². The Labute approximate surface area is 112 Å². The van der Waals surface area contributed by atoms with Gasteiger partial charge in [-0.15, -0.1) is 0 Å². The standard InChI is InChI=1S/C14H20BrNO/c1-3-13(9-16-12-5-6-12)17-14-7-4-11(15)8-10(14)2/h4,7-8,12-13,16H,3,5-6,9H2,1-2H3. The Kier molecular flexibility index (Phi) is 4.46. The molecule has 94 valence electrons. The molecule has 3 heteroatoms. The lowest BCUT2D eigenvalue weighted by molar-refractivity contribution is 0.191. The molecular formula is C14H20BrNO. The molecule has 1 atom stereocenters. The largest absolute Gasteiger partial charge is 0.489 e. The van der Waals surface area contributed by atoms with Crippen molar-refractivity contribution in [3.05, 3.63) is 28.2 Å². The molecule has 0 amide bonds. The van der Waals surface area contributed by atoms with Gasteiger partial charge in [0.2, 0.25) is 0 Å². The Morgan fingerprint density at radius 3 is 2.82 bits per heavy atom. The number of hydrogen-bond acceptors (Lipinski definition) is 2. The minimum absolute atomic E-state index is 0.274. The average Bonchev–Trinajstić information content (AvgIpc) is 3.11. The lowest BCUT2D eigenvalue weighted by Gasteiger charge is -2.19. The Bertz CT molecular complexity index is 376. The molecule has 0 spiro atoms. The SMILES string of the molecule is CCC(CNC1CC1)Oc1ccc(Br)cc1C. The number of rotatable bonds is 6. The maximum absolute atomic E-state index is 6.04. The van der Waals surface area contributed by atoms with Crippen LogP contribution in [0.4, 0.5) is 0 Å². The van der Waals surface area contributed by atoms with Crippen LogP contribution in [-0.2, 0) is 0 Å². The summed E-state index contributed by atoms with van der Waals surface area (Å²) < 4.78 is 7.15. The molecule has 1 aliphatic carbocycles. The number of aryl methyl sites for hydroxylation is 1. The first-order valence-electron chi connectivity index (χ1n) is 6.35. The van der Waals surface area contributed by atoms with Gasteiger partial charge in [0.15, 0.2) is 0 Å². The van der Waals surface area contributed by atoms with E-state index in [4.69, 9.17) is 4.74 Å². The van der Waals surface area contributed by atoms with Gasteiger partial charge >= 0.3 is 0 Å². The minimum atomic E-state index is 0.274. The molecule has 1 unspecified atom stereocenters. The summed E-state index contributed by atoms with van der Waals surface area (Å²) >= 11 is 3.47. The fourth-order valence-electron chi connectivity index (χ4n) is 1.78. The lowest BCUT2D eigenvalue weighted by atomic mass is 10.2. The van der Waals surface area contributed by atoms with E-state index >= 15 is 0 Å². The fraction of sp³-hybridized carbons (Fsp3) is 0.571. The van der Waals surface area contributed by atoms with Crippen molar-refractivity contribution in [1.29, 1.82) is 0 Å². The van der Waals surface area contributed by atoms with Crippen molar-refractivity contribution in [2.45, 2.75) is 45.3 Å². The van der Waals surface area contributed by atoms with Crippen LogP contribution in [0.1, 0.15) is 31.7 Å². The van der Waals surface area contributed by atoms with Gasteiger partial charge in [0.25, 0.3) is 0 Å². The number of hydrogen-bond donors (Lipinski definition) is 1. The molecule has 1 N–H and O–H groups in total. The molecule has 0 radical (unpaired) electrons. The second kappa shape index (κ2) is 5.87. The second-order valence-electron chi connectivity index (χ2n) is 4.74. The summed E-state index contributed by atoms with van der Waals surface area (Å²) in [4.78, 5) is 0. The van der Waals surface area contributed by atoms with Gasteiger partial charge in [-0.3, -0.25) is 0 Å². The van der Waals surface area contributed by atoms with Gasteiger partial charge in [-0.2, -0.15) is 0 Å². The number of ether oxygens (including phenoxy) is 1. The molecule has 1 aromatic carbocycles. The Morgan fingerprint density at radius 1 is 1.47 bits per heavy atom. The molecule has 1 aliphatic rings. The summed E-state index contributed by atoms with van der Waals surface area (Å²) in [6.07, 6.45) is 3.96. The highest BCUT2D eigenvalue weighted by Gasteiger charge is 2.22. The van der Waals surface area contributed by atoms with Crippen LogP contribution in [0.3, 0.4) is 0 Å². The predicted octanol–water partition coefficient (Wildman–Crippen LogP) is 3.67. The highest BCUT2D eigenvalue weighted by molar-refractivity contribution is 9.10. The molecule has 0 bridgehead atoms. The Balaban J connectivity index is 1.91. The van der Waals surface area contributed by atoms with Crippen LogP contribution >= 0.6 is 15.9 Å². The van der Waals surface area contributed by atoms with Crippen molar-refractivity contribution in [3.8, 4) is 5.75 Å². The quantitative estimate of drug-likeness (QED) is 0.865. The van der Waals surface area contributed by atoms with Crippen molar-refractivity contribution < 1.29 is 4.74 Å². The monoisotopic (exact) mass is 297 g/mol. The summed E-state index contributed by atoms with van der Waals surface area (Å²) in [6.45, 7) is 5.21. The van der Waals surface area contributed by atoms with Crippen molar-refractivity contribution in [1.82, 2.24) is 5.32 Å². The van der Waals surface area contributed by atoms with E-state index in [1.807, 2.05) is 12.1 Å². The zero-order valence-electron chi connectivity index (χ0n) is 10.5. The van der Waals surface area contributed by atoms with Crippen molar-refractivity contribution in [2.75, 3.05) is 6.54 Å². The third-order valence-corrected chi connectivity index (χ3v) is 3.59. The molecule has 0 aliphatic heterocycles. The highest BCUT2D eigenvalue weighted by Crippen LogP contribution is 2.24. The molecule has 0 heterocycles. The lowest BCUT2D eigenvalue weighted by Crippen LogP contribution is -2.32. The summed E-state index contributed by atoms with van der Waals surface area (Å²) in [6, 6.07) is 6.91. The maximum atomic E-state index is 6.04. The summed E-state index contributed by atoms with van der Waals surface area (Å²) in [5.41, 5.74) is 1.18. The second-order valence-corrected chi connectivity index (χ2v) is 5.66. The molecule has 1 aromatic rings. The molecule has 0 aromatic heterocycles. The van der Waals surface area contributed by atoms with Crippen LogP contribution in [0.2, 0.25) is 0 Å². The molecule has 0 saturated heterocycles. The van der Waals surface area contributed by atoms with E-state index in [1.54, 1.807) is 0 Å². The first-order valence-corrected chi connectivity index (χ1v) is 7.14. The molecule has 2 rings (SSSR count). The van der Waals surface area contributed by atoms with Gasteiger partial charge < -0.3 is 10.1 Å². The zero-order chi connectivity index (χ0) is 12.3. The summed E-state index contributed by atoms with van der Waals surface area (Å²) in [5, 5.41) is 3.52. The predicted molar refractivity (Wildman–Crippen MR) is 74.6 cm³/mol. The van der Waals surface area contributed by atoms with E-state index in [1.165, 1.54) is 18.4 Å². The fourth-order valence-corrected chi connectivity index (χ4v) is 2.26. The normalized spacial score (nSPS) is 16.9. The van der Waals surface area contributed by atoms with Gasteiger partial charge in [0, 0.05) is 17.1 Å². The highest BCUT2D eigenvalue weighted by atomic mass is 79.9. The van der Waals surface area contributed by atoms with Crippen LogP contribution in [0.15, 0.2) is 22.7 Å². The van der Waals surface area contributed by atoms with Crippen LogP contribution in [0.5, 0.6) is 5.75 Å². The summed E-state index contributed by atoms with van der Waals surface area (Å²) in [7, 11) is 0. The molecule has 1 fully saturated rings. The molecule has 2 nitrogen and oxygen atoms in total. The van der Waals surface area contributed by atoms with Crippen molar-refractivity contribution in [2.24, 2.45) is 0 Å². The van der Waals surface area contributed by atoms with Gasteiger partial charge in [0.05, 0.1) is 0 Å². The maximum Gasteiger partial charge on any atom is 0.122 e. The van der Waals surface area contributed by atoms with Gasteiger partial charge in [0.1, 0.15) is 11.9 Å². The smallest absolute Gasteiger partial charge is 0.122 e. The van der Waals surface area contributed by atoms with Crippen molar-refractivity contribution in [3.63, 3.8) is 0 Å². The first kappa shape index (κ1) is 12.9. The van der Waals surface area contributed by atoms with E-state index in [0.29, 0.717) is 0 Å². The molecule has 1 saturated carbocycles. The van der Waals surface area contributed by atoms with Crippen LogP contribution in [0.25, 0.3) is 0 Å². The zero-order valence-corrected chi connectivity index (χ0v) is 12.1. The van der Waals surface area contributed by atoms with Crippen LogP contribution in [0, 0.1) is 6.92 Å². The Hall–Kier alpha value is -0.540. The van der Waals surface area contributed by atoms with Crippen molar-refractivity contribution >= 4 is 15.9 Å². The minimum Gasteiger partial charge on any atom is -0.489 e. The number of nitrogens with one attached hydrogen (secondary N) is 1. The summed E-state index contributed by atoms with van der Waals surface area (Å²) in [5.74, 6) is 0.998. The van der Waals surface area contributed by atoms with E-state index in [9.17, 15) is 0 Å². The van der Waals surface area contributed by atoms with E-state index in [-0.39, 0.29) is 6.10 Å². The number of halogens is 1. The van der Waals surface area contributed by atoms with Crippen LogP contribution in [-0.4, -0.2) is 18.7 Å². The van der Waals surface area contributed by atoms with E-state index in [2.05, 4.69) is 41.2 Å². The third-order valence-electron chi connectivity index (χ3n) is 3.10. The van der Waals surface area contributed by atoms with Crippen LogP contribution < -0.4 is 10.1 Å². The van der Waals surface area contributed by atoms with E-state index in [0.717, 1.165) is 29.2 Å². The van der Waals surface area contributed by atoms with Gasteiger partial charge in [-0.05, 0) is 49.9 Å². The van der Waals surface area contributed by atoms with Gasteiger partial charge in [-0.25, -0.2) is 0 Å². The third kappa shape index (κ3) is 4.00.